The van der Waals surface area contributed by atoms with Crippen LogP contribution in [0.4, 0.5) is 0 Å². The van der Waals surface area contributed by atoms with Crippen LogP contribution in [-0.4, -0.2) is 19.1 Å². The van der Waals surface area contributed by atoms with Crippen LogP contribution in [0.1, 0.15) is 25.8 Å². The van der Waals surface area contributed by atoms with Gasteiger partial charge in [-0.15, -0.1) is 0 Å². The van der Waals surface area contributed by atoms with Crippen molar-refractivity contribution in [3.8, 4) is 0 Å². The lowest BCUT2D eigenvalue weighted by Crippen LogP contribution is -2.36. The number of hydrogen-bond donors (Lipinski definition) is 2. The predicted octanol–water partition coefficient (Wildman–Crippen LogP) is 3.58. The van der Waals surface area contributed by atoms with Crippen molar-refractivity contribution in [3.63, 3.8) is 0 Å². The molecule has 1 unspecified atom stereocenters. The van der Waals surface area contributed by atoms with Gasteiger partial charge < -0.3 is 10.6 Å². The Morgan fingerprint density at radius 1 is 1.41 bits per heavy atom. The first-order valence-corrected chi connectivity index (χ1v) is 7.18. The van der Waals surface area contributed by atoms with Gasteiger partial charge in [-0.1, -0.05) is 24.6 Å². The first kappa shape index (κ1) is 15.0. The molecule has 0 aliphatic heterocycles. The summed E-state index contributed by atoms with van der Waals surface area (Å²) in [5.41, 5.74) is 1.24. The highest BCUT2D eigenvalue weighted by Crippen LogP contribution is 2.23. The van der Waals surface area contributed by atoms with Crippen LogP contribution in [0.2, 0.25) is 5.02 Å². The molecule has 17 heavy (non-hydrogen) atoms. The van der Waals surface area contributed by atoms with Gasteiger partial charge in [0, 0.05) is 23.6 Å². The van der Waals surface area contributed by atoms with Crippen LogP contribution < -0.4 is 10.6 Å². The van der Waals surface area contributed by atoms with E-state index in [2.05, 4.69) is 46.5 Å². The van der Waals surface area contributed by atoms with Crippen molar-refractivity contribution in [3.05, 3.63) is 33.3 Å². The zero-order valence-electron chi connectivity index (χ0n) is 10.4. The molecule has 0 fully saturated rings. The van der Waals surface area contributed by atoms with E-state index in [4.69, 9.17) is 11.6 Å². The zero-order chi connectivity index (χ0) is 12.7. The lowest BCUT2D eigenvalue weighted by Gasteiger charge is -2.14. The third-order valence-electron chi connectivity index (χ3n) is 2.52. The van der Waals surface area contributed by atoms with E-state index in [1.807, 2.05) is 12.1 Å². The molecular weight excluding hydrogens is 300 g/mol. The zero-order valence-corrected chi connectivity index (χ0v) is 12.7. The number of nitrogens with one attached hydrogen (secondary N) is 2. The second-order valence-corrected chi connectivity index (χ2v) is 5.50. The Morgan fingerprint density at radius 2 is 2.18 bits per heavy atom. The Bertz CT molecular complexity index is 344. The standard InChI is InChI=1S/C13H20BrClN2/c1-3-6-16-8-10(2)17-9-11-4-5-13(15)12(14)7-11/h4-5,7,10,16-17H,3,6,8-9H2,1-2H3. The molecule has 1 aromatic carbocycles. The van der Waals surface area contributed by atoms with Crippen LogP contribution in [0, 0.1) is 0 Å². The van der Waals surface area contributed by atoms with E-state index >= 15 is 0 Å². The average molecular weight is 320 g/mol. The quantitative estimate of drug-likeness (QED) is 0.751. The summed E-state index contributed by atoms with van der Waals surface area (Å²) in [6.07, 6.45) is 1.18. The molecule has 1 rings (SSSR count). The van der Waals surface area contributed by atoms with Crippen LogP contribution in [0.15, 0.2) is 22.7 Å². The van der Waals surface area contributed by atoms with E-state index in [1.165, 1.54) is 12.0 Å². The summed E-state index contributed by atoms with van der Waals surface area (Å²) in [5, 5.41) is 7.63. The first-order chi connectivity index (χ1) is 8.13. The minimum atomic E-state index is 0.469. The van der Waals surface area contributed by atoms with Crippen molar-refractivity contribution < 1.29 is 0 Å². The molecule has 0 saturated heterocycles. The molecule has 1 atom stereocenters. The highest BCUT2D eigenvalue weighted by molar-refractivity contribution is 9.10. The molecule has 2 N–H and O–H groups in total. The smallest absolute Gasteiger partial charge is 0.0548 e. The lowest BCUT2D eigenvalue weighted by molar-refractivity contribution is 0.501. The molecule has 0 aromatic heterocycles. The van der Waals surface area contributed by atoms with Gasteiger partial charge in [-0.2, -0.15) is 0 Å². The Labute approximate surface area is 117 Å². The van der Waals surface area contributed by atoms with Crippen LogP contribution >= 0.6 is 27.5 Å². The molecule has 0 spiro atoms. The van der Waals surface area contributed by atoms with Crippen molar-refractivity contribution in [2.75, 3.05) is 13.1 Å². The highest BCUT2D eigenvalue weighted by Gasteiger charge is 2.02. The summed E-state index contributed by atoms with van der Waals surface area (Å²) >= 11 is 9.38. The van der Waals surface area contributed by atoms with Crippen molar-refractivity contribution in [2.24, 2.45) is 0 Å². The number of hydrogen-bond acceptors (Lipinski definition) is 2. The normalized spacial score (nSPS) is 12.7. The summed E-state index contributed by atoms with van der Waals surface area (Å²) in [7, 11) is 0. The van der Waals surface area contributed by atoms with E-state index in [9.17, 15) is 0 Å². The minimum Gasteiger partial charge on any atom is -0.315 e. The van der Waals surface area contributed by atoms with Gasteiger partial charge in [-0.05, 0) is 53.5 Å². The fourth-order valence-corrected chi connectivity index (χ4v) is 2.05. The predicted molar refractivity (Wildman–Crippen MR) is 78.6 cm³/mol. The largest absolute Gasteiger partial charge is 0.315 e. The van der Waals surface area contributed by atoms with Crippen LogP contribution in [-0.2, 0) is 6.54 Å². The van der Waals surface area contributed by atoms with E-state index in [0.29, 0.717) is 6.04 Å². The average Bonchev–Trinajstić information content (AvgIpc) is 2.31. The molecule has 0 aliphatic rings. The Kier molecular flexibility index (Phi) is 7.12. The fourth-order valence-electron chi connectivity index (χ4n) is 1.51. The maximum absolute atomic E-state index is 5.95. The maximum atomic E-state index is 5.95. The van der Waals surface area contributed by atoms with Crippen LogP contribution in [0.3, 0.4) is 0 Å². The van der Waals surface area contributed by atoms with E-state index in [-0.39, 0.29) is 0 Å². The first-order valence-electron chi connectivity index (χ1n) is 6.01. The van der Waals surface area contributed by atoms with Crippen LogP contribution in [0.5, 0.6) is 0 Å². The Hall–Kier alpha value is -0.0900. The van der Waals surface area contributed by atoms with Crippen molar-refractivity contribution in [2.45, 2.75) is 32.9 Å². The summed E-state index contributed by atoms with van der Waals surface area (Å²) in [5.74, 6) is 0. The molecule has 0 bridgehead atoms. The van der Waals surface area contributed by atoms with Gasteiger partial charge in [-0.3, -0.25) is 0 Å². The van der Waals surface area contributed by atoms with Gasteiger partial charge in [0.2, 0.25) is 0 Å². The highest BCUT2D eigenvalue weighted by atomic mass is 79.9. The summed E-state index contributed by atoms with van der Waals surface area (Å²) in [6, 6.07) is 6.49. The van der Waals surface area contributed by atoms with E-state index in [0.717, 1.165) is 29.1 Å². The van der Waals surface area contributed by atoms with Gasteiger partial charge in [0.15, 0.2) is 0 Å². The number of benzene rings is 1. The molecule has 0 amide bonds. The molecule has 96 valence electrons. The van der Waals surface area contributed by atoms with Gasteiger partial charge in [0.05, 0.1) is 5.02 Å². The van der Waals surface area contributed by atoms with E-state index < -0.39 is 0 Å². The molecule has 0 heterocycles. The molecule has 0 saturated carbocycles. The Morgan fingerprint density at radius 3 is 2.82 bits per heavy atom. The minimum absolute atomic E-state index is 0.469. The molecule has 1 aromatic rings. The summed E-state index contributed by atoms with van der Waals surface area (Å²) in [4.78, 5) is 0. The number of rotatable bonds is 7. The third kappa shape index (κ3) is 5.87. The third-order valence-corrected chi connectivity index (χ3v) is 3.73. The summed E-state index contributed by atoms with van der Waals surface area (Å²) in [6.45, 7) is 7.32. The fraction of sp³-hybridized carbons (Fsp3) is 0.538. The SMILES string of the molecule is CCCNCC(C)NCc1ccc(Cl)c(Br)c1. The van der Waals surface area contributed by atoms with Gasteiger partial charge >= 0.3 is 0 Å². The summed E-state index contributed by atoms with van der Waals surface area (Å²) < 4.78 is 0.954. The molecule has 0 radical (unpaired) electrons. The lowest BCUT2D eigenvalue weighted by atomic mass is 10.2. The molecule has 2 nitrogen and oxygen atoms in total. The van der Waals surface area contributed by atoms with Crippen LogP contribution in [0.25, 0.3) is 0 Å². The molecule has 4 heteroatoms. The maximum Gasteiger partial charge on any atom is 0.0548 e. The second kappa shape index (κ2) is 8.09. The topological polar surface area (TPSA) is 24.1 Å². The monoisotopic (exact) mass is 318 g/mol. The second-order valence-electron chi connectivity index (χ2n) is 4.23. The van der Waals surface area contributed by atoms with Crippen molar-refractivity contribution >= 4 is 27.5 Å². The van der Waals surface area contributed by atoms with Gasteiger partial charge in [0.1, 0.15) is 0 Å². The van der Waals surface area contributed by atoms with Crippen molar-refractivity contribution in [1.29, 1.82) is 0 Å². The van der Waals surface area contributed by atoms with Gasteiger partial charge in [0.25, 0.3) is 0 Å². The molecular formula is C13H20BrClN2. The van der Waals surface area contributed by atoms with E-state index in [1.54, 1.807) is 0 Å². The Balaban J connectivity index is 2.31. The molecule has 0 aliphatic carbocycles. The van der Waals surface area contributed by atoms with Gasteiger partial charge in [-0.25, -0.2) is 0 Å². The number of halogens is 2. The van der Waals surface area contributed by atoms with Crippen molar-refractivity contribution in [1.82, 2.24) is 10.6 Å².